The second kappa shape index (κ2) is 9.46. The summed E-state index contributed by atoms with van der Waals surface area (Å²) < 4.78 is 0. The number of rotatable bonds is 6. The van der Waals surface area contributed by atoms with Gasteiger partial charge in [0, 0.05) is 15.6 Å². The lowest BCUT2D eigenvalue weighted by molar-refractivity contribution is -0.120. The number of carbonyl (C=O) groups is 2. The highest BCUT2D eigenvalue weighted by molar-refractivity contribution is 8.04. The summed E-state index contributed by atoms with van der Waals surface area (Å²) in [5, 5.41) is 3.86. The molecule has 0 unspecified atom stereocenters. The zero-order chi connectivity index (χ0) is 23.7. The molecule has 33 heavy (non-hydrogen) atoms. The van der Waals surface area contributed by atoms with Crippen LogP contribution in [0.25, 0.3) is 0 Å². The van der Waals surface area contributed by atoms with E-state index >= 15 is 0 Å². The fourth-order valence-corrected chi connectivity index (χ4v) is 4.72. The number of anilines is 2. The number of benzene rings is 3. The monoisotopic (exact) mass is 476 g/mol. The molecule has 2 amide bonds. The summed E-state index contributed by atoms with van der Waals surface area (Å²) in [6.07, 6.45) is 0. The Morgan fingerprint density at radius 2 is 1.55 bits per heavy atom. The summed E-state index contributed by atoms with van der Waals surface area (Å²) >= 11 is 7.28. The van der Waals surface area contributed by atoms with E-state index in [0.717, 1.165) is 27.3 Å². The van der Waals surface area contributed by atoms with E-state index in [4.69, 9.17) is 11.6 Å². The van der Waals surface area contributed by atoms with Crippen LogP contribution in [0.4, 0.5) is 11.4 Å². The molecular formula is C27H25ClN2O2S. The topological polar surface area (TPSA) is 49.4 Å². The SMILES string of the molecule is Cc1ccc(NC2=C(Sc3ccc(Cl)cc3)C(=O)N(c3ccc(C(C)C)cc3)C2=O)c(C)c1. The molecule has 1 aliphatic heterocycles. The molecule has 0 fully saturated rings. The maximum absolute atomic E-state index is 13.5. The van der Waals surface area contributed by atoms with E-state index < -0.39 is 0 Å². The molecule has 4 nitrogen and oxygen atoms in total. The number of thioether (sulfide) groups is 1. The molecule has 0 atom stereocenters. The van der Waals surface area contributed by atoms with E-state index in [0.29, 0.717) is 21.5 Å². The molecule has 1 N–H and O–H groups in total. The van der Waals surface area contributed by atoms with E-state index in [2.05, 4.69) is 19.2 Å². The Morgan fingerprint density at radius 1 is 0.879 bits per heavy atom. The van der Waals surface area contributed by atoms with Gasteiger partial charge in [0.25, 0.3) is 11.8 Å². The summed E-state index contributed by atoms with van der Waals surface area (Å²) in [7, 11) is 0. The van der Waals surface area contributed by atoms with Gasteiger partial charge in [0.2, 0.25) is 0 Å². The standard InChI is InChI=1S/C27H25ClN2O2S/c1-16(2)19-6-10-21(11-7-19)30-26(31)24(29-23-14-5-17(3)15-18(23)4)25(27(30)32)33-22-12-8-20(28)9-13-22/h5-16,29H,1-4H3. The van der Waals surface area contributed by atoms with Crippen LogP contribution in [0.2, 0.25) is 5.02 Å². The van der Waals surface area contributed by atoms with Crippen molar-refractivity contribution in [2.45, 2.75) is 38.5 Å². The lowest BCUT2D eigenvalue weighted by Crippen LogP contribution is -2.32. The third-order valence-corrected chi connectivity index (χ3v) is 6.88. The number of carbonyl (C=O) groups excluding carboxylic acids is 2. The van der Waals surface area contributed by atoms with Crippen LogP contribution in [0, 0.1) is 13.8 Å². The Labute approximate surface area is 203 Å². The van der Waals surface area contributed by atoms with E-state index in [1.165, 1.54) is 16.7 Å². The van der Waals surface area contributed by atoms with Gasteiger partial charge in [0.1, 0.15) is 10.6 Å². The molecule has 168 valence electrons. The van der Waals surface area contributed by atoms with Crippen molar-refractivity contribution in [2.75, 3.05) is 10.2 Å². The highest BCUT2D eigenvalue weighted by Crippen LogP contribution is 2.38. The quantitative estimate of drug-likeness (QED) is 0.386. The van der Waals surface area contributed by atoms with Gasteiger partial charge in [-0.3, -0.25) is 9.59 Å². The Kier molecular flexibility index (Phi) is 6.63. The number of hydrogen-bond acceptors (Lipinski definition) is 4. The van der Waals surface area contributed by atoms with E-state index in [1.54, 1.807) is 12.1 Å². The maximum atomic E-state index is 13.5. The van der Waals surface area contributed by atoms with Crippen molar-refractivity contribution >= 4 is 46.6 Å². The lowest BCUT2D eigenvalue weighted by atomic mass is 10.0. The molecule has 0 saturated heterocycles. The van der Waals surface area contributed by atoms with Crippen molar-refractivity contribution in [1.29, 1.82) is 0 Å². The van der Waals surface area contributed by atoms with Gasteiger partial charge in [0.15, 0.2) is 0 Å². The zero-order valence-corrected chi connectivity index (χ0v) is 20.6. The van der Waals surface area contributed by atoms with Crippen molar-refractivity contribution in [3.05, 3.63) is 99.0 Å². The van der Waals surface area contributed by atoms with Crippen molar-refractivity contribution in [2.24, 2.45) is 0 Å². The number of nitrogens with zero attached hydrogens (tertiary/aromatic N) is 1. The van der Waals surface area contributed by atoms with Gasteiger partial charge in [-0.05, 0) is 73.4 Å². The first-order chi connectivity index (χ1) is 15.7. The number of imide groups is 1. The predicted octanol–water partition coefficient (Wildman–Crippen LogP) is 7.07. The fraction of sp³-hybridized carbons (Fsp3) is 0.185. The van der Waals surface area contributed by atoms with Gasteiger partial charge in [-0.2, -0.15) is 0 Å². The van der Waals surface area contributed by atoms with Gasteiger partial charge < -0.3 is 5.32 Å². The number of halogens is 1. The molecule has 1 heterocycles. The maximum Gasteiger partial charge on any atom is 0.283 e. The highest BCUT2D eigenvalue weighted by Gasteiger charge is 2.40. The first-order valence-corrected chi connectivity index (χ1v) is 11.9. The Bertz CT molecular complexity index is 1250. The average Bonchev–Trinajstić information content (AvgIpc) is 3.01. The number of aryl methyl sites for hydroxylation is 2. The zero-order valence-electron chi connectivity index (χ0n) is 19.0. The van der Waals surface area contributed by atoms with Crippen molar-refractivity contribution in [3.8, 4) is 0 Å². The minimum Gasteiger partial charge on any atom is -0.350 e. The molecule has 3 aromatic rings. The largest absolute Gasteiger partial charge is 0.350 e. The van der Waals surface area contributed by atoms with E-state index in [9.17, 15) is 9.59 Å². The third kappa shape index (κ3) is 4.85. The number of nitrogens with one attached hydrogen (secondary N) is 1. The summed E-state index contributed by atoms with van der Waals surface area (Å²) in [4.78, 5) is 29.5. The minimum absolute atomic E-state index is 0.278. The van der Waals surface area contributed by atoms with Gasteiger partial charge in [-0.15, -0.1) is 0 Å². The minimum atomic E-state index is -0.367. The van der Waals surface area contributed by atoms with Gasteiger partial charge in [0.05, 0.1) is 5.69 Å². The van der Waals surface area contributed by atoms with Crippen molar-refractivity contribution in [1.82, 2.24) is 0 Å². The molecular weight excluding hydrogens is 452 g/mol. The normalized spacial score (nSPS) is 13.9. The highest BCUT2D eigenvalue weighted by atomic mass is 35.5. The van der Waals surface area contributed by atoms with Crippen LogP contribution in [0.15, 0.2) is 82.2 Å². The van der Waals surface area contributed by atoms with E-state index in [1.807, 2.05) is 68.4 Å². The van der Waals surface area contributed by atoms with Crippen LogP contribution < -0.4 is 10.2 Å². The van der Waals surface area contributed by atoms with Crippen LogP contribution >= 0.6 is 23.4 Å². The van der Waals surface area contributed by atoms with Crippen molar-refractivity contribution < 1.29 is 9.59 Å². The Balaban J connectivity index is 1.73. The summed E-state index contributed by atoms with van der Waals surface area (Å²) in [5.41, 5.74) is 4.90. The molecule has 1 aliphatic rings. The molecule has 0 radical (unpaired) electrons. The molecule has 0 bridgehead atoms. The summed E-state index contributed by atoms with van der Waals surface area (Å²) in [5.74, 6) is -0.349. The average molecular weight is 477 g/mol. The van der Waals surface area contributed by atoms with Gasteiger partial charge in [-0.25, -0.2) is 4.90 Å². The molecule has 0 spiro atoms. The van der Waals surface area contributed by atoms with E-state index in [-0.39, 0.29) is 17.5 Å². The number of hydrogen-bond donors (Lipinski definition) is 1. The summed E-state index contributed by atoms with van der Waals surface area (Å²) in [6.45, 7) is 8.21. The van der Waals surface area contributed by atoms with Gasteiger partial charge in [-0.1, -0.05) is 67.0 Å². The third-order valence-electron chi connectivity index (χ3n) is 5.53. The molecule has 0 saturated carbocycles. The molecule has 4 rings (SSSR count). The van der Waals surface area contributed by atoms with Gasteiger partial charge >= 0.3 is 0 Å². The Hall–Kier alpha value is -3.02. The fourth-order valence-electron chi connectivity index (χ4n) is 3.67. The summed E-state index contributed by atoms with van der Waals surface area (Å²) in [6, 6.07) is 20.7. The Morgan fingerprint density at radius 3 is 2.15 bits per heavy atom. The van der Waals surface area contributed by atoms with Crippen LogP contribution in [0.1, 0.15) is 36.5 Å². The van der Waals surface area contributed by atoms with Crippen LogP contribution in [-0.4, -0.2) is 11.8 Å². The van der Waals surface area contributed by atoms with Crippen LogP contribution in [0.3, 0.4) is 0 Å². The molecule has 6 heteroatoms. The van der Waals surface area contributed by atoms with Crippen LogP contribution in [0.5, 0.6) is 0 Å². The lowest BCUT2D eigenvalue weighted by Gasteiger charge is -2.17. The van der Waals surface area contributed by atoms with Crippen molar-refractivity contribution in [3.63, 3.8) is 0 Å². The molecule has 3 aromatic carbocycles. The second-order valence-corrected chi connectivity index (χ2v) is 9.92. The predicted molar refractivity (Wildman–Crippen MR) is 137 cm³/mol. The smallest absolute Gasteiger partial charge is 0.283 e. The number of amides is 2. The van der Waals surface area contributed by atoms with Crippen LogP contribution in [-0.2, 0) is 9.59 Å². The molecule has 0 aromatic heterocycles. The first-order valence-electron chi connectivity index (χ1n) is 10.8. The second-order valence-electron chi connectivity index (χ2n) is 8.40. The molecule has 0 aliphatic carbocycles. The first kappa shape index (κ1) is 23.1.